The fourth-order valence-electron chi connectivity index (χ4n) is 16.7. The van der Waals surface area contributed by atoms with Gasteiger partial charge in [-0.15, -0.1) is 0 Å². The topological polar surface area (TPSA) is 22.2 Å². The van der Waals surface area contributed by atoms with E-state index in [0.29, 0.717) is 0 Å². The van der Waals surface area contributed by atoms with Crippen LogP contribution in [0.4, 0.5) is 68.2 Å². The first kappa shape index (κ1) is 64.6. The smallest absolute Gasteiger partial charge is 0.253 e. The van der Waals surface area contributed by atoms with Crippen molar-refractivity contribution in [1.29, 1.82) is 0 Å². The van der Waals surface area contributed by atoms with E-state index in [2.05, 4.69) is 413 Å². The number of para-hydroxylation sites is 6. The molecule has 0 unspecified atom stereocenters. The van der Waals surface area contributed by atoms with E-state index in [1.165, 1.54) is 54.5 Å². The van der Waals surface area contributed by atoms with E-state index in [0.717, 1.165) is 123 Å². The van der Waals surface area contributed by atoms with Crippen LogP contribution in [0.25, 0.3) is 44.5 Å². The fraction of sp³-hybridized carbons (Fsp3) is 0.0816. The highest BCUT2D eigenvalue weighted by atomic mass is 32.2. The Morgan fingerprint density at radius 3 is 1.25 bits per heavy atom. The lowest BCUT2D eigenvalue weighted by molar-refractivity contribution is 0.486. The summed E-state index contributed by atoms with van der Waals surface area (Å²) in [5.41, 5.74) is 32.0. The van der Waals surface area contributed by atoms with E-state index < -0.39 is 0 Å². The lowest BCUT2D eigenvalue weighted by Gasteiger charge is -2.46. The van der Waals surface area contributed by atoms with Gasteiger partial charge in [0.1, 0.15) is 11.5 Å². The summed E-state index contributed by atoms with van der Waals surface area (Å²) in [6, 6.07) is 131. The van der Waals surface area contributed by atoms with E-state index >= 15 is 0 Å². The van der Waals surface area contributed by atoms with Crippen LogP contribution in [0.15, 0.2) is 362 Å². The second kappa shape index (κ2) is 25.9. The molecule has 5 nitrogen and oxygen atoms in total. The van der Waals surface area contributed by atoms with E-state index in [4.69, 9.17) is 4.74 Å². The molecule has 0 fully saturated rings. The minimum atomic E-state index is -0.208. The normalized spacial score (nSPS) is 13.0. The van der Waals surface area contributed by atoms with Crippen LogP contribution in [-0.4, -0.2) is 13.4 Å². The summed E-state index contributed by atoms with van der Waals surface area (Å²) in [5, 5.41) is 0. The van der Waals surface area contributed by atoms with Gasteiger partial charge in [0.15, 0.2) is 0 Å². The second-order valence-electron chi connectivity index (χ2n) is 30.4. The molecule has 506 valence electrons. The van der Waals surface area contributed by atoms with E-state index in [9.17, 15) is 0 Å². The number of rotatable bonds is 12. The largest absolute Gasteiger partial charge is 0.458 e. The van der Waals surface area contributed by atoms with Crippen LogP contribution in [0.1, 0.15) is 52.7 Å². The van der Waals surface area contributed by atoms with Crippen LogP contribution in [0.5, 0.6) is 11.5 Å². The maximum Gasteiger partial charge on any atom is 0.253 e. The van der Waals surface area contributed by atoms with Gasteiger partial charge in [0.2, 0.25) is 0 Å². The number of nitrogens with zero attached hydrogens (tertiary/aromatic N) is 4. The molecular formula is C98H76B2N4OS. The quantitative estimate of drug-likeness (QED) is 0.113. The summed E-state index contributed by atoms with van der Waals surface area (Å²) < 4.78 is 7.36. The predicted molar refractivity (Wildman–Crippen MR) is 451 cm³/mol. The van der Waals surface area contributed by atoms with Crippen molar-refractivity contribution in [2.45, 2.75) is 62.2 Å². The maximum atomic E-state index is 7.36. The molecule has 0 N–H and O–H groups in total. The summed E-state index contributed by atoms with van der Waals surface area (Å²) in [7, 11) is 0. The van der Waals surface area contributed by atoms with Gasteiger partial charge in [-0.3, -0.25) is 0 Å². The monoisotopic (exact) mass is 1380 g/mol. The Morgan fingerprint density at radius 1 is 0.283 bits per heavy atom. The van der Waals surface area contributed by atoms with Crippen LogP contribution >= 0.6 is 11.8 Å². The van der Waals surface area contributed by atoms with Gasteiger partial charge in [0.05, 0.1) is 17.1 Å². The summed E-state index contributed by atoms with van der Waals surface area (Å²) in [5.74, 6) is 1.72. The summed E-state index contributed by atoms with van der Waals surface area (Å²) in [4.78, 5) is 12.4. The van der Waals surface area contributed by atoms with Crippen LogP contribution < -0.4 is 57.1 Å². The molecule has 0 atom stereocenters. The molecular weight excluding hydrogens is 1300 g/mol. The second-order valence-corrected chi connectivity index (χ2v) is 31.5. The molecule has 106 heavy (non-hydrogen) atoms. The molecule has 0 spiro atoms. The maximum absolute atomic E-state index is 7.36. The molecule has 0 saturated carbocycles. The summed E-state index contributed by atoms with van der Waals surface area (Å²) in [6.45, 7) is 13.5. The number of fused-ring (bicyclic) bond motifs is 8. The fourth-order valence-corrected chi connectivity index (χ4v) is 17.9. The van der Waals surface area contributed by atoms with E-state index in [1.807, 2.05) is 11.8 Å². The third-order valence-corrected chi connectivity index (χ3v) is 23.0. The highest BCUT2D eigenvalue weighted by Gasteiger charge is 2.48. The van der Waals surface area contributed by atoms with Crippen molar-refractivity contribution in [2.24, 2.45) is 0 Å². The third kappa shape index (κ3) is 11.2. The zero-order valence-corrected chi connectivity index (χ0v) is 61.1. The predicted octanol–water partition coefficient (Wildman–Crippen LogP) is 23.1. The van der Waals surface area contributed by atoms with Crippen molar-refractivity contribution in [3.63, 3.8) is 0 Å². The standard InChI is InChI=1S/C98H76B2N4OS/c1-97(2,3)71-51-43-69(44-52-71)80-37-26-38-81(70-45-53-72(54-46-70)98(4,5)6)96(80)104-87-64-92-85(63-84(87)99-82-39-22-24-41-86(82)103(75-35-20-11-21-36-75)88-59-78(60-89(104)94(88)99)101(73-31-16-9-17-32-73)74-33-18-10-19-34-74)100-83-40-23-25-42-90(83)105-91-61-79(62-93(106-92)95(91)100)102(76-55-47-67(48-56-76)65-27-12-7-13-28-65)77-57-49-68(50-58-77)66-29-14-8-15-30-66/h7-64H,1-6H3. The van der Waals surface area contributed by atoms with Gasteiger partial charge in [-0.25, -0.2) is 0 Å². The van der Waals surface area contributed by atoms with Gasteiger partial charge >= 0.3 is 0 Å². The van der Waals surface area contributed by atoms with Gasteiger partial charge in [0.25, 0.3) is 13.4 Å². The van der Waals surface area contributed by atoms with Crippen molar-refractivity contribution in [3.05, 3.63) is 363 Å². The van der Waals surface area contributed by atoms with Crippen molar-refractivity contribution < 1.29 is 4.74 Å². The Balaban J connectivity index is 0.897. The first-order valence-electron chi connectivity index (χ1n) is 36.9. The Labute approximate surface area is 627 Å². The molecule has 0 saturated heterocycles. The minimum Gasteiger partial charge on any atom is -0.458 e. The molecule has 0 amide bonds. The molecule has 8 heteroatoms. The molecule has 0 aliphatic carbocycles. The zero-order valence-electron chi connectivity index (χ0n) is 60.2. The average molecular weight is 1380 g/mol. The molecule has 15 aromatic carbocycles. The van der Waals surface area contributed by atoms with Crippen LogP contribution in [0.3, 0.4) is 0 Å². The number of anilines is 12. The van der Waals surface area contributed by atoms with E-state index in [-0.39, 0.29) is 24.3 Å². The first-order chi connectivity index (χ1) is 51.8. The molecule has 4 aliphatic rings. The number of hydrogen-bond donors (Lipinski definition) is 0. The number of benzene rings is 15. The van der Waals surface area contributed by atoms with Gasteiger partial charge in [0, 0.05) is 78.2 Å². The number of hydrogen-bond acceptors (Lipinski definition) is 6. The first-order valence-corrected chi connectivity index (χ1v) is 37.8. The highest BCUT2D eigenvalue weighted by Crippen LogP contribution is 2.54. The Bertz CT molecular complexity index is 5650. The molecule has 15 aromatic rings. The Kier molecular flexibility index (Phi) is 15.8. The highest BCUT2D eigenvalue weighted by molar-refractivity contribution is 8.00. The Hall–Kier alpha value is -12.2. The molecule has 4 heterocycles. The lowest BCUT2D eigenvalue weighted by atomic mass is 9.31. The van der Waals surface area contributed by atoms with Crippen LogP contribution in [-0.2, 0) is 10.8 Å². The van der Waals surface area contributed by atoms with E-state index in [1.54, 1.807) is 0 Å². The molecule has 19 rings (SSSR count). The van der Waals surface area contributed by atoms with Crippen LogP contribution in [0.2, 0.25) is 0 Å². The third-order valence-electron chi connectivity index (χ3n) is 21.9. The Morgan fingerprint density at radius 2 is 0.717 bits per heavy atom. The van der Waals surface area contributed by atoms with Gasteiger partial charge in [-0.05, 0) is 180 Å². The molecule has 0 radical (unpaired) electrons. The van der Waals surface area contributed by atoms with Gasteiger partial charge in [-0.1, -0.05) is 307 Å². The van der Waals surface area contributed by atoms with Crippen molar-refractivity contribution in [3.8, 4) is 56.0 Å². The zero-order chi connectivity index (χ0) is 71.4. The van der Waals surface area contributed by atoms with Crippen LogP contribution in [0, 0.1) is 0 Å². The van der Waals surface area contributed by atoms with Crippen molar-refractivity contribution >= 4 is 126 Å². The minimum absolute atomic E-state index is 0.0505. The molecule has 0 bridgehead atoms. The molecule has 0 aromatic heterocycles. The van der Waals surface area contributed by atoms with Crippen molar-refractivity contribution in [1.82, 2.24) is 0 Å². The van der Waals surface area contributed by atoms with Crippen molar-refractivity contribution in [2.75, 3.05) is 19.6 Å². The lowest BCUT2D eigenvalue weighted by Crippen LogP contribution is -2.64. The molecule has 4 aliphatic heterocycles. The summed E-state index contributed by atoms with van der Waals surface area (Å²) >= 11 is 1.87. The van der Waals surface area contributed by atoms with Gasteiger partial charge < -0.3 is 24.3 Å². The average Bonchev–Trinajstić information content (AvgIpc) is 0.683. The number of ether oxygens (including phenoxy) is 1. The SMILES string of the molecule is CC(C)(C)c1ccc(-c2cccc(-c3ccc(C(C)(C)C)cc3)c2N2c3cc4c(cc3B3c5ccccc5N(c5ccccc5)c5cc(N(c6ccccc6)c6ccccc6)cc2c53)B2c3ccccc3Oc3cc(N(c5ccc(-c6ccccc6)cc5)c5ccc(-c6ccccc6)cc5)cc(c32)S4)cc1. The summed E-state index contributed by atoms with van der Waals surface area (Å²) in [6.07, 6.45) is 0. The van der Waals surface area contributed by atoms with Gasteiger partial charge in [-0.2, -0.15) is 0 Å².